The molecule has 0 fully saturated rings. The maximum Gasteiger partial charge on any atom is 0.329 e. The molecule has 0 aliphatic rings. The summed E-state index contributed by atoms with van der Waals surface area (Å²) in [7, 11) is 0. The molecule has 0 amide bonds. The van der Waals surface area contributed by atoms with E-state index in [-0.39, 0.29) is 0 Å². The molecule has 3 rings (SSSR count). The average molecular weight is 231 g/mol. The summed E-state index contributed by atoms with van der Waals surface area (Å²) < 4.78 is 6.43. The third kappa shape index (κ3) is 1.50. The van der Waals surface area contributed by atoms with Crippen molar-refractivity contribution in [2.75, 3.05) is 0 Å². The number of furan rings is 1. The quantitative estimate of drug-likeness (QED) is 0.679. The summed E-state index contributed by atoms with van der Waals surface area (Å²) in [5.41, 5.74) is 1.01. The number of nitrogens with one attached hydrogen (secondary N) is 2. The molecule has 0 aliphatic carbocycles. The van der Waals surface area contributed by atoms with Gasteiger partial charge in [0, 0.05) is 11.8 Å². The molecular formula is C11H9N3O3. The molecule has 3 aromatic heterocycles. The van der Waals surface area contributed by atoms with E-state index >= 15 is 0 Å². The molecular weight excluding hydrogens is 222 g/mol. The second kappa shape index (κ2) is 3.51. The minimum Gasteiger partial charge on any atom is -0.472 e. The number of aromatic amines is 2. The lowest BCUT2D eigenvalue weighted by Gasteiger charge is -2.04. The monoisotopic (exact) mass is 231 g/mol. The Morgan fingerprint density at radius 1 is 1.29 bits per heavy atom. The highest BCUT2D eigenvalue weighted by Crippen LogP contribution is 2.08. The van der Waals surface area contributed by atoms with E-state index in [1.54, 1.807) is 30.9 Å². The lowest BCUT2D eigenvalue weighted by atomic mass is 10.3. The molecule has 3 heterocycles. The molecule has 6 nitrogen and oxygen atoms in total. The Kier molecular flexibility index (Phi) is 2.01. The molecule has 0 atom stereocenters. The lowest BCUT2D eigenvalue weighted by molar-refractivity contribution is 0.562. The van der Waals surface area contributed by atoms with Crippen LogP contribution in [-0.4, -0.2) is 14.5 Å². The second-order valence-electron chi connectivity index (χ2n) is 3.71. The van der Waals surface area contributed by atoms with Gasteiger partial charge in [0.2, 0.25) is 0 Å². The van der Waals surface area contributed by atoms with E-state index in [9.17, 15) is 9.59 Å². The summed E-state index contributed by atoms with van der Waals surface area (Å²) in [6.45, 7) is 0.362. The predicted octanol–water partition coefficient (Wildman–Crippen LogP) is 0.659. The Bertz CT molecular complexity index is 761. The van der Waals surface area contributed by atoms with Gasteiger partial charge in [-0.15, -0.1) is 0 Å². The van der Waals surface area contributed by atoms with Crippen molar-refractivity contribution < 1.29 is 4.42 Å². The van der Waals surface area contributed by atoms with Gasteiger partial charge in [-0.1, -0.05) is 0 Å². The Hall–Kier alpha value is -2.50. The summed E-state index contributed by atoms with van der Waals surface area (Å²) in [4.78, 5) is 28.3. The van der Waals surface area contributed by atoms with Gasteiger partial charge in [-0.05, 0) is 12.1 Å². The zero-order valence-corrected chi connectivity index (χ0v) is 8.77. The van der Waals surface area contributed by atoms with Gasteiger partial charge in [-0.25, -0.2) is 4.79 Å². The van der Waals surface area contributed by atoms with E-state index < -0.39 is 11.2 Å². The molecule has 17 heavy (non-hydrogen) atoms. The molecule has 0 spiro atoms. The summed E-state index contributed by atoms with van der Waals surface area (Å²) in [5, 5.41) is 0. The van der Waals surface area contributed by atoms with Gasteiger partial charge < -0.3 is 9.40 Å². The predicted molar refractivity (Wildman–Crippen MR) is 61.0 cm³/mol. The fourth-order valence-corrected chi connectivity index (χ4v) is 1.83. The number of fused-ring (bicyclic) bond motifs is 1. The minimum absolute atomic E-state index is 0.362. The summed E-state index contributed by atoms with van der Waals surface area (Å²) in [6.07, 6.45) is 4.74. The standard InChI is InChI=1S/C11H9N3O3/c15-10-9-8(1-3-12-9)14(11(16)13-10)5-7-2-4-17-6-7/h1-4,6,12H,5H2,(H,13,15,16). The number of hydrogen-bond donors (Lipinski definition) is 2. The van der Waals surface area contributed by atoms with Crippen molar-refractivity contribution in [3.8, 4) is 0 Å². The Morgan fingerprint density at radius 3 is 2.94 bits per heavy atom. The van der Waals surface area contributed by atoms with E-state index in [1.165, 1.54) is 4.57 Å². The molecule has 0 aromatic carbocycles. The fraction of sp³-hybridized carbons (Fsp3) is 0.0909. The van der Waals surface area contributed by atoms with Crippen LogP contribution in [0.4, 0.5) is 0 Å². The SMILES string of the molecule is O=c1[nH]c(=O)n(Cc2ccoc2)c2cc[nH]c12. The molecule has 0 saturated carbocycles. The molecule has 3 aromatic rings. The van der Waals surface area contributed by atoms with Crippen molar-refractivity contribution in [3.63, 3.8) is 0 Å². The van der Waals surface area contributed by atoms with E-state index in [1.807, 2.05) is 0 Å². The first-order valence-electron chi connectivity index (χ1n) is 5.07. The van der Waals surface area contributed by atoms with Crippen LogP contribution in [0.2, 0.25) is 0 Å². The van der Waals surface area contributed by atoms with Crippen molar-refractivity contribution in [1.29, 1.82) is 0 Å². The van der Waals surface area contributed by atoms with Crippen LogP contribution in [0.3, 0.4) is 0 Å². The zero-order valence-electron chi connectivity index (χ0n) is 8.77. The first kappa shape index (κ1) is 9.71. The Labute approximate surface area is 94.5 Å². The van der Waals surface area contributed by atoms with Gasteiger partial charge in [0.05, 0.1) is 24.6 Å². The van der Waals surface area contributed by atoms with Gasteiger partial charge in [0.15, 0.2) is 0 Å². The molecule has 0 saturated heterocycles. The molecule has 0 radical (unpaired) electrons. The normalized spacial score (nSPS) is 11.1. The van der Waals surface area contributed by atoms with Crippen LogP contribution < -0.4 is 11.2 Å². The first-order valence-corrected chi connectivity index (χ1v) is 5.07. The maximum absolute atomic E-state index is 11.7. The third-order valence-corrected chi connectivity index (χ3v) is 2.63. The van der Waals surface area contributed by atoms with Crippen molar-refractivity contribution in [2.24, 2.45) is 0 Å². The summed E-state index contributed by atoms with van der Waals surface area (Å²) in [6, 6.07) is 3.47. The number of H-pyrrole nitrogens is 2. The van der Waals surface area contributed by atoms with Crippen molar-refractivity contribution in [2.45, 2.75) is 6.54 Å². The van der Waals surface area contributed by atoms with Crippen molar-refractivity contribution in [1.82, 2.24) is 14.5 Å². The van der Waals surface area contributed by atoms with E-state index in [2.05, 4.69) is 9.97 Å². The average Bonchev–Trinajstić information content (AvgIpc) is 2.95. The molecule has 0 bridgehead atoms. The zero-order chi connectivity index (χ0) is 11.8. The molecule has 6 heteroatoms. The van der Waals surface area contributed by atoms with Crippen molar-refractivity contribution >= 4 is 11.0 Å². The highest BCUT2D eigenvalue weighted by atomic mass is 16.3. The largest absolute Gasteiger partial charge is 0.472 e. The molecule has 2 N–H and O–H groups in total. The van der Waals surface area contributed by atoms with Crippen LogP contribution in [0.5, 0.6) is 0 Å². The minimum atomic E-state index is -0.427. The van der Waals surface area contributed by atoms with E-state index in [4.69, 9.17) is 4.42 Å². The van der Waals surface area contributed by atoms with Crippen LogP contribution in [0.1, 0.15) is 5.56 Å². The number of nitrogens with zero attached hydrogens (tertiary/aromatic N) is 1. The molecule has 86 valence electrons. The Morgan fingerprint density at radius 2 is 2.18 bits per heavy atom. The number of aromatic nitrogens is 3. The second-order valence-corrected chi connectivity index (χ2v) is 3.71. The third-order valence-electron chi connectivity index (χ3n) is 2.63. The fourth-order valence-electron chi connectivity index (χ4n) is 1.83. The van der Waals surface area contributed by atoms with Crippen LogP contribution in [-0.2, 0) is 6.54 Å². The van der Waals surface area contributed by atoms with E-state index in [0.29, 0.717) is 17.6 Å². The van der Waals surface area contributed by atoms with Crippen LogP contribution in [0.25, 0.3) is 11.0 Å². The highest BCUT2D eigenvalue weighted by molar-refractivity contribution is 5.74. The van der Waals surface area contributed by atoms with Gasteiger partial charge in [-0.3, -0.25) is 14.3 Å². The lowest BCUT2D eigenvalue weighted by Crippen LogP contribution is -2.30. The smallest absolute Gasteiger partial charge is 0.329 e. The van der Waals surface area contributed by atoms with Crippen molar-refractivity contribution in [3.05, 3.63) is 57.3 Å². The molecule has 0 unspecified atom stereocenters. The van der Waals surface area contributed by atoms with Gasteiger partial charge in [0.1, 0.15) is 5.52 Å². The topological polar surface area (TPSA) is 83.8 Å². The van der Waals surface area contributed by atoms with E-state index in [0.717, 1.165) is 5.56 Å². The van der Waals surface area contributed by atoms with Crippen LogP contribution >= 0.6 is 0 Å². The maximum atomic E-state index is 11.7. The summed E-state index contributed by atoms with van der Waals surface area (Å²) >= 11 is 0. The number of hydrogen-bond acceptors (Lipinski definition) is 3. The first-order chi connectivity index (χ1) is 8.25. The van der Waals surface area contributed by atoms with Gasteiger partial charge >= 0.3 is 5.69 Å². The number of rotatable bonds is 2. The Balaban J connectivity index is 2.25. The van der Waals surface area contributed by atoms with Gasteiger partial charge in [0.25, 0.3) is 5.56 Å². The highest BCUT2D eigenvalue weighted by Gasteiger charge is 2.08. The van der Waals surface area contributed by atoms with Gasteiger partial charge in [-0.2, -0.15) is 0 Å². The summed E-state index contributed by atoms with van der Waals surface area (Å²) in [5.74, 6) is 0. The van der Waals surface area contributed by atoms with Crippen LogP contribution in [0, 0.1) is 0 Å². The van der Waals surface area contributed by atoms with Crippen LogP contribution in [0.15, 0.2) is 44.9 Å². The molecule has 0 aliphatic heterocycles.